The van der Waals surface area contributed by atoms with Crippen molar-refractivity contribution in [3.8, 4) is 12.1 Å². The van der Waals surface area contributed by atoms with Gasteiger partial charge in [-0.3, -0.25) is 4.79 Å². The maximum Gasteiger partial charge on any atom is 0.179 e. The first kappa shape index (κ1) is 17.3. The molecule has 0 bridgehead atoms. The number of fused-ring (bicyclic) bond motifs is 3. The molecule has 5 heteroatoms. The van der Waals surface area contributed by atoms with Crippen molar-refractivity contribution < 1.29 is 4.79 Å². The molecule has 2 aliphatic rings. The van der Waals surface area contributed by atoms with Crippen molar-refractivity contribution >= 4 is 29.1 Å². The van der Waals surface area contributed by atoms with Gasteiger partial charge in [0.15, 0.2) is 5.41 Å². The van der Waals surface area contributed by atoms with Gasteiger partial charge in [0.2, 0.25) is 0 Å². The molecule has 0 aromatic heterocycles. The summed E-state index contributed by atoms with van der Waals surface area (Å²) >= 11 is 6.05. The van der Waals surface area contributed by atoms with Crippen molar-refractivity contribution in [1.82, 2.24) is 0 Å². The van der Waals surface area contributed by atoms with E-state index in [-0.39, 0.29) is 5.78 Å². The highest BCUT2D eigenvalue weighted by Crippen LogP contribution is 2.56. The second-order valence-electron chi connectivity index (χ2n) is 6.95. The summed E-state index contributed by atoms with van der Waals surface area (Å²) < 4.78 is 0. The smallest absolute Gasteiger partial charge is 0.179 e. The summed E-state index contributed by atoms with van der Waals surface area (Å²) in [7, 11) is 0. The molecule has 2 heterocycles. The van der Waals surface area contributed by atoms with Gasteiger partial charge in [-0.25, -0.2) is 0 Å². The van der Waals surface area contributed by atoms with Crippen molar-refractivity contribution in [2.24, 2.45) is 11.3 Å². The fourth-order valence-electron chi connectivity index (χ4n) is 4.44. The normalized spacial score (nSPS) is 24.4. The molecule has 27 heavy (non-hydrogen) atoms. The average molecular weight is 374 g/mol. The average Bonchev–Trinajstić information content (AvgIpc) is 3.00. The van der Waals surface area contributed by atoms with E-state index in [2.05, 4.69) is 17.0 Å². The maximum absolute atomic E-state index is 12.7. The highest BCUT2D eigenvalue weighted by atomic mass is 35.5. The van der Waals surface area contributed by atoms with Gasteiger partial charge in [0.1, 0.15) is 5.78 Å². The molecule has 0 radical (unpaired) electrons. The Labute approximate surface area is 162 Å². The number of Topliss-reactive ketones (excluding diaryl/α,β-unsaturated/α-hetero) is 1. The zero-order chi connectivity index (χ0) is 19.2. The second-order valence-corrected chi connectivity index (χ2v) is 7.38. The Kier molecular flexibility index (Phi) is 4.02. The Morgan fingerprint density at radius 3 is 2.41 bits per heavy atom. The number of anilines is 1. The zero-order valence-corrected chi connectivity index (χ0v) is 15.4. The van der Waals surface area contributed by atoms with Gasteiger partial charge in [-0.1, -0.05) is 54.1 Å². The number of nitriles is 2. The van der Waals surface area contributed by atoms with Gasteiger partial charge in [0.25, 0.3) is 0 Å². The molecule has 2 aromatic carbocycles. The summed E-state index contributed by atoms with van der Waals surface area (Å²) in [6, 6.07) is 18.6. The molecule has 0 spiro atoms. The zero-order valence-electron chi connectivity index (χ0n) is 14.6. The van der Waals surface area contributed by atoms with E-state index in [0.717, 1.165) is 16.8 Å². The summed E-state index contributed by atoms with van der Waals surface area (Å²) in [5, 5.41) is 20.6. The Morgan fingerprint density at radius 2 is 1.78 bits per heavy atom. The molecule has 4 nitrogen and oxygen atoms in total. The Hall–Kier alpha value is -3.08. The van der Waals surface area contributed by atoms with E-state index in [1.54, 1.807) is 12.1 Å². The van der Waals surface area contributed by atoms with Crippen molar-refractivity contribution in [3.63, 3.8) is 0 Å². The van der Waals surface area contributed by atoms with Gasteiger partial charge in [0.05, 0.1) is 30.1 Å². The minimum absolute atomic E-state index is 0.168. The standard InChI is InChI=1S/C22H16ClN3O/c1-14(27)20-21(16-6-9-17(23)10-7-16)26-18-5-3-2-4-15(18)8-11-19(26)22(20,12-24)13-25/h2-11,19-21H,1H3/t19-,20?,21?/m1/s1. The quantitative estimate of drug-likeness (QED) is 0.775. The molecule has 0 saturated carbocycles. The van der Waals surface area contributed by atoms with Gasteiger partial charge in [0, 0.05) is 10.7 Å². The molecular formula is C22H16ClN3O. The third-order valence-electron chi connectivity index (χ3n) is 5.56. The predicted octanol–water partition coefficient (Wildman–Crippen LogP) is 4.54. The van der Waals surface area contributed by atoms with Crippen molar-refractivity contribution in [2.45, 2.75) is 19.0 Å². The molecule has 0 amide bonds. The number of benzene rings is 2. The van der Waals surface area contributed by atoms with Crippen LogP contribution in [0.5, 0.6) is 0 Å². The number of carbonyl (C=O) groups excluding carboxylic acids is 1. The molecular weight excluding hydrogens is 358 g/mol. The molecule has 2 aromatic rings. The fraction of sp³-hybridized carbons (Fsp3) is 0.227. The minimum atomic E-state index is -1.46. The molecule has 2 aliphatic heterocycles. The first-order valence-electron chi connectivity index (χ1n) is 8.67. The fourth-order valence-corrected chi connectivity index (χ4v) is 4.57. The third-order valence-corrected chi connectivity index (χ3v) is 5.82. The van der Waals surface area contributed by atoms with E-state index in [0.29, 0.717) is 5.02 Å². The third kappa shape index (κ3) is 2.38. The molecule has 0 aliphatic carbocycles. The molecule has 0 N–H and O–H groups in total. The Bertz CT molecular complexity index is 1010. The first-order chi connectivity index (χ1) is 13.0. The highest BCUT2D eigenvalue weighted by molar-refractivity contribution is 6.30. The number of carbonyl (C=O) groups is 1. The summed E-state index contributed by atoms with van der Waals surface area (Å²) in [5.41, 5.74) is 1.33. The van der Waals surface area contributed by atoms with Crippen LogP contribution in [0, 0.1) is 34.0 Å². The molecule has 3 atom stereocenters. The Balaban J connectivity index is 2.01. The van der Waals surface area contributed by atoms with Crippen LogP contribution in [0.4, 0.5) is 5.69 Å². The van der Waals surface area contributed by atoms with Crippen LogP contribution in [0.2, 0.25) is 5.02 Å². The van der Waals surface area contributed by atoms with Crippen LogP contribution in [0.15, 0.2) is 54.6 Å². The SMILES string of the molecule is CC(=O)C1C(c2ccc(Cl)cc2)N2c3ccccc3C=C[C@@H]2C1(C#N)C#N. The lowest BCUT2D eigenvalue weighted by molar-refractivity contribution is -0.122. The van der Waals surface area contributed by atoms with E-state index in [1.165, 1.54) is 6.92 Å². The minimum Gasteiger partial charge on any atom is -0.354 e. The van der Waals surface area contributed by atoms with E-state index >= 15 is 0 Å². The molecule has 132 valence electrons. The number of halogens is 1. The first-order valence-corrected chi connectivity index (χ1v) is 9.05. The predicted molar refractivity (Wildman–Crippen MR) is 104 cm³/mol. The van der Waals surface area contributed by atoms with Crippen molar-refractivity contribution in [3.05, 3.63) is 70.8 Å². The van der Waals surface area contributed by atoms with Crippen molar-refractivity contribution in [2.75, 3.05) is 4.90 Å². The van der Waals surface area contributed by atoms with E-state index in [4.69, 9.17) is 11.6 Å². The van der Waals surface area contributed by atoms with E-state index < -0.39 is 23.4 Å². The number of hydrogen-bond donors (Lipinski definition) is 0. The van der Waals surface area contributed by atoms with Crippen LogP contribution < -0.4 is 4.90 Å². The molecule has 2 unspecified atom stereocenters. The van der Waals surface area contributed by atoms with Gasteiger partial charge < -0.3 is 4.90 Å². The number of rotatable bonds is 2. The molecule has 4 rings (SSSR count). The van der Waals surface area contributed by atoms with Crippen LogP contribution in [0.3, 0.4) is 0 Å². The van der Waals surface area contributed by atoms with Crippen LogP contribution in [0.25, 0.3) is 6.08 Å². The van der Waals surface area contributed by atoms with Gasteiger partial charge >= 0.3 is 0 Å². The summed E-state index contributed by atoms with van der Waals surface area (Å²) in [6.07, 6.45) is 3.81. The largest absolute Gasteiger partial charge is 0.354 e. The topological polar surface area (TPSA) is 67.9 Å². The van der Waals surface area contributed by atoms with Gasteiger partial charge in [-0.2, -0.15) is 10.5 Å². The lowest BCUT2D eigenvalue weighted by Gasteiger charge is -2.36. The summed E-state index contributed by atoms with van der Waals surface area (Å²) in [5.74, 6) is -0.937. The van der Waals surface area contributed by atoms with Crippen LogP contribution in [-0.4, -0.2) is 11.8 Å². The summed E-state index contributed by atoms with van der Waals surface area (Å²) in [6.45, 7) is 1.46. The summed E-state index contributed by atoms with van der Waals surface area (Å²) in [4.78, 5) is 14.8. The van der Waals surface area contributed by atoms with Gasteiger partial charge in [-0.15, -0.1) is 0 Å². The number of hydrogen-bond acceptors (Lipinski definition) is 4. The molecule has 1 fully saturated rings. The Morgan fingerprint density at radius 1 is 1.11 bits per heavy atom. The molecule has 1 saturated heterocycles. The maximum atomic E-state index is 12.7. The number of ketones is 1. The monoisotopic (exact) mass is 373 g/mol. The van der Waals surface area contributed by atoms with Crippen LogP contribution >= 0.6 is 11.6 Å². The number of para-hydroxylation sites is 1. The lowest BCUT2D eigenvalue weighted by Crippen LogP contribution is -2.40. The second kappa shape index (κ2) is 6.27. The number of nitrogens with zero attached hydrogens (tertiary/aromatic N) is 3. The lowest BCUT2D eigenvalue weighted by atomic mass is 9.70. The van der Waals surface area contributed by atoms with Crippen LogP contribution in [0.1, 0.15) is 24.1 Å². The van der Waals surface area contributed by atoms with Gasteiger partial charge in [-0.05, 0) is 36.2 Å². The van der Waals surface area contributed by atoms with E-state index in [1.807, 2.05) is 48.6 Å². The van der Waals surface area contributed by atoms with Crippen LogP contribution in [-0.2, 0) is 4.79 Å². The highest BCUT2D eigenvalue weighted by Gasteiger charge is 2.62. The van der Waals surface area contributed by atoms with Crippen molar-refractivity contribution in [1.29, 1.82) is 10.5 Å². The van der Waals surface area contributed by atoms with E-state index in [9.17, 15) is 15.3 Å².